The van der Waals surface area contributed by atoms with Gasteiger partial charge in [0.25, 0.3) is 23.6 Å². The summed E-state index contributed by atoms with van der Waals surface area (Å²) >= 11 is 0. The Morgan fingerprint density at radius 1 is 0.467 bits per heavy atom. The number of nitrogens with one attached hydrogen (secondary N) is 2. The highest BCUT2D eigenvalue weighted by molar-refractivity contribution is 6.44. The van der Waals surface area contributed by atoms with E-state index in [9.17, 15) is 19.2 Å². The monoisotopic (exact) mass is 790 g/mol. The number of amides is 4. The van der Waals surface area contributed by atoms with E-state index in [1.807, 2.05) is 36.4 Å². The van der Waals surface area contributed by atoms with Gasteiger partial charge in [-0.1, -0.05) is 73.9 Å². The molecule has 0 radical (unpaired) electrons. The first-order chi connectivity index (χ1) is 29.2. The van der Waals surface area contributed by atoms with Crippen molar-refractivity contribution >= 4 is 66.7 Å². The van der Waals surface area contributed by atoms with E-state index in [1.165, 1.54) is 0 Å². The van der Waals surface area contributed by atoms with Gasteiger partial charge < -0.3 is 18.9 Å². The molecule has 292 valence electrons. The fourth-order valence-corrected chi connectivity index (χ4v) is 7.87. The van der Waals surface area contributed by atoms with Gasteiger partial charge in [0.2, 0.25) is 0 Å². The summed E-state index contributed by atoms with van der Waals surface area (Å²) in [4.78, 5) is 55.8. The molecule has 2 aliphatic heterocycles. The Hall–Kier alpha value is -8.24. The van der Waals surface area contributed by atoms with Gasteiger partial charge in [-0.25, -0.2) is 0 Å². The largest absolute Gasteiger partial charge is 0.457 e. The van der Waals surface area contributed by atoms with Crippen molar-refractivity contribution in [3.63, 3.8) is 0 Å². The van der Waals surface area contributed by atoms with Crippen LogP contribution in [0.4, 0.5) is 0 Å². The molecule has 2 heterocycles. The fraction of sp³-hybridized carbons (Fsp3) is 0.0400. The number of benzene rings is 7. The summed E-state index contributed by atoms with van der Waals surface area (Å²) in [7, 11) is 0. The van der Waals surface area contributed by atoms with Crippen molar-refractivity contribution in [2.24, 2.45) is 0 Å². The highest BCUT2D eigenvalue weighted by Crippen LogP contribution is 2.56. The van der Waals surface area contributed by atoms with Gasteiger partial charge in [-0.3, -0.25) is 29.8 Å². The van der Waals surface area contributed by atoms with Crippen LogP contribution in [0.5, 0.6) is 34.5 Å². The minimum atomic E-state index is -0.628. The van der Waals surface area contributed by atoms with E-state index in [0.29, 0.717) is 66.1 Å². The molecule has 0 spiro atoms. The summed E-state index contributed by atoms with van der Waals surface area (Å²) in [5.74, 6) is 0.113. The molecule has 7 aromatic carbocycles. The number of carbonyl (C=O) groups excluding carboxylic acids is 4. The molecule has 0 saturated heterocycles. The van der Waals surface area contributed by atoms with Gasteiger partial charge in [-0.05, 0) is 86.7 Å². The van der Waals surface area contributed by atoms with Crippen molar-refractivity contribution in [1.29, 1.82) is 0 Å². The van der Waals surface area contributed by atoms with Gasteiger partial charge in [-0.15, -0.1) is 0 Å². The van der Waals surface area contributed by atoms with Crippen molar-refractivity contribution in [3.05, 3.63) is 180 Å². The van der Waals surface area contributed by atoms with Crippen LogP contribution in [0.15, 0.2) is 158 Å². The summed E-state index contributed by atoms with van der Waals surface area (Å²) in [5.41, 5.74) is 0.710. The number of imide groups is 2. The predicted molar refractivity (Wildman–Crippen MR) is 232 cm³/mol. The minimum absolute atomic E-state index is 0.175. The Balaban J connectivity index is 1.59. The third-order valence-electron chi connectivity index (χ3n) is 10.4. The van der Waals surface area contributed by atoms with Crippen LogP contribution in [0.25, 0.3) is 43.1 Å². The Bertz CT molecular complexity index is 2940. The van der Waals surface area contributed by atoms with Crippen LogP contribution in [-0.2, 0) is 0 Å². The highest BCUT2D eigenvalue weighted by atomic mass is 16.5. The van der Waals surface area contributed by atoms with Crippen LogP contribution in [0.2, 0.25) is 0 Å². The van der Waals surface area contributed by atoms with Crippen molar-refractivity contribution in [2.75, 3.05) is 0 Å². The number of fused-ring (bicyclic) bond motifs is 2. The second-order valence-electron chi connectivity index (χ2n) is 13.9. The van der Waals surface area contributed by atoms with E-state index in [1.54, 1.807) is 111 Å². The molecular weight excluding hydrogens is 757 g/mol. The molecule has 7 aromatic rings. The Morgan fingerprint density at radius 3 is 1.13 bits per heavy atom. The Morgan fingerprint density at radius 2 is 0.800 bits per heavy atom. The smallest absolute Gasteiger partial charge is 0.258 e. The predicted octanol–water partition coefficient (Wildman–Crippen LogP) is 11.1. The molecule has 0 saturated carbocycles. The first-order valence-electron chi connectivity index (χ1n) is 19.0. The van der Waals surface area contributed by atoms with Crippen LogP contribution >= 0.6 is 0 Å². The number of ether oxygens (including phenoxy) is 4. The molecule has 0 bridgehead atoms. The lowest BCUT2D eigenvalue weighted by Gasteiger charge is -2.28. The van der Waals surface area contributed by atoms with Crippen molar-refractivity contribution < 1.29 is 38.1 Å². The maximum Gasteiger partial charge on any atom is 0.258 e. The van der Waals surface area contributed by atoms with Crippen molar-refractivity contribution in [3.8, 4) is 34.5 Å². The van der Waals surface area contributed by atoms with Crippen LogP contribution in [0.1, 0.15) is 55.3 Å². The zero-order valence-corrected chi connectivity index (χ0v) is 32.4. The Labute approximate surface area is 343 Å². The average Bonchev–Trinajstić information content (AvgIpc) is 3.25. The van der Waals surface area contributed by atoms with Crippen molar-refractivity contribution in [1.82, 2.24) is 10.6 Å². The summed E-state index contributed by atoms with van der Waals surface area (Å²) < 4.78 is 26.9. The van der Waals surface area contributed by atoms with Gasteiger partial charge in [0.05, 0.1) is 22.3 Å². The van der Waals surface area contributed by atoms with E-state index >= 15 is 0 Å². The first-order valence-corrected chi connectivity index (χ1v) is 19.0. The second-order valence-corrected chi connectivity index (χ2v) is 13.9. The average molecular weight is 791 g/mol. The zero-order chi connectivity index (χ0) is 41.7. The van der Waals surface area contributed by atoms with E-state index in [0.717, 1.165) is 0 Å². The van der Waals surface area contributed by atoms with Crippen LogP contribution in [0.3, 0.4) is 0 Å². The fourth-order valence-electron chi connectivity index (χ4n) is 7.87. The molecule has 9 rings (SSSR count). The molecular formula is C50H34N2O8. The van der Waals surface area contributed by atoms with E-state index in [2.05, 4.69) is 23.8 Å². The number of hydrogen-bond acceptors (Lipinski definition) is 8. The molecule has 10 heteroatoms. The maximum absolute atomic E-state index is 14.0. The third-order valence-corrected chi connectivity index (χ3v) is 10.4. The quantitative estimate of drug-likeness (QED) is 0.0411. The lowest BCUT2D eigenvalue weighted by Crippen LogP contribution is -2.35. The van der Waals surface area contributed by atoms with Crippen LogP contribution in [-0.4, -0.2) is 23.6 Å². The van der Waals surface area contributed by atoms with Gasteiger partial charge in [0, 0.05) is 43.1 Å². The summed E-state index contributed by atoms with van der Waals surface area (Å²) in [5, 5.41) is 8.19. The number of hydrogen-bond donors (Lipinski definition) is 2. The van der Waals surface area contributed by atoms with Crippen LogP contribution in [0, 0.1) is 0 Å². The van der Waals surface area contributed by atoms with E-state index in [-0.39, 0.29) is 45.3 Å². The molecule has 2 N–H and O–H groups in total. The third kappa shape index (κ3) is 6.06. The molecule has 2 aliphatic rings. The summed E-state index contributed by atoms with van der Waals surface area (Å²) in [6.07, 6.45) is 13.6. The van der Waals surface area contributed by atoms with Gasteiger partial charge in [-0.2, -0.15) is 0 Å². The van der Waals surface area contributed by atoms with Gasteiger partial charge in [0.15, 0.2) is 0 Å². The van der Waals surface area contributed by atoms with Gasteiger partial charge >= 0.3 is 0 Å². The topological polar surface area (TPSA) is 129 Å². The molecule has 0 atom stereocenters. The zero-order valence-electron chi connectivity index (χ0n) is 32.4. The SMILES string of the molecule is C=C/C=C\C(=C/C)Oc1cc2c3c(cc(Oc4ccccc4)c4c5c(OC(/C=C\C=C)=C/C)cc6c7c(cc(Oc8ccccc8)c(c1c34)c75)C(=O)NC6=O)C(=O)NC2=O. The minimum Gasteiger partial charge on any atom is -0.457 e. The normalized spacial score (nSPS) is 14.1. The van der Waals surface area contributed by atoms with Crippen molar-refractivity contribution in [2.45, 2.75) is 13.8 Å². The maximum atomic E-state index is 14.0. The molecule has 10 nitrogen and oxygen atoms in total. The molecule has 0 fully saturated rings. The van der Waals surface area contributed by atoms with Crippen LogP contribution < -0.4 is 29.6 Å². The molecule has 4 amide bonds. The first kappa shape index (κ1) is 37.3. The number of allylic oxidation sites excluding steroid dienone is 8. The van der Waals surface area contributed by atoms with E-state index in [4.69, 9.17) is 18.9 Å². The Kier molecular flexibility index (Phi) is 9.29. The molecule has 0 unspecified atom stereocenters. The standard InChI is InChI=1S/C50H34N2O8/c1-5-9-17-27(7-3)57-35-23-31-39-33(49(55)51-47(31)53)26-38(60-30-21-15-12-16-22-30)44-42-36(58-28(8-4)18-10-6-2)24-32-40-34(50(56)52-48(32)54)25-37(59-29-19-13-11-14-20-29)43(46(40)42)41(35)45(39)44/h5-26H,1-2H2,3-4H3,(H,51,53,55)(H,52,54,56)/b17-9-,18-10-,27-7+,28-8+. The second kappa shape index (κ2) is 14.9. The van der Waals surface area contributed by atoms with Gasteiger partial charge in [0.1, 0.15) is 46.0 Å². The lowest BCUT2D eigenvalue weighted by molar-refractivity contribution is 0.0828. The number of para-hydroxylation sites is 2. The summed E-state index contributed by atoms with van der Waals surface area (Å²) in [6, 6.07) is 24.5. The van der Waals surface area contributed by atoms with E-state index < -0.39 is 23.6 Å². The number of carbonyl (C=O) groups is 4. The summed E-state index contributed by atoms with van der Waals surface area (Å²) in [6.45, 7) is 11.2. The molecule has 0 aliphatic carbocycles. The lowest BCUT2D eigenvalue weighted by atomic mass is 9.81. The number of rotatable bonds is 12. The highest BCUT2D eigenvalue weighted by Gasteiger charge is 2.37. The molecule has 0 aromatic heterocycles. The molecule has 60 heavy (non-hydrogen) atoms.